The minimum absolute atomic E-state index is 0. The van der Waals surface area contributed by atoms with Crippen LogP contribution in [0.5, 0.6) is 0 Å². The van der Waals surface area contributed by atoms with Crippen LogP contribution < -0.4 is 18.9 Å². The maximum absolute atomic E-state index is 10.6. The second-order valence-corrected chi connectivity index (χ2v) is 3.97. The normalized spacial score (nSPS) is 10.4. The molecule has 0 atom stereocenters. The van der Waals surface area contributed by atoms with Gasteiger partial charge in [0, 0.05) is 6.07 Å². The fourth-order valence-corrected chi connectivity index (χ4v) is 1.60. The van der Waals surface area contributed by atoms with Crippen LogP contribution in [0.2, 0.25) is 0 Å². The molecule has 0 heterocycles. The van der Waals surface area contributed by atoms with Gasteiger partial charge in [0.05, 0.1) is 15.9 Å². The molecule has 0 aliphatic carbocycles. The number of hydrogen-bond acceptors (Lipinski definition) is 7. The second-order valence-electron chi connectivity index (χ2n) is 2.62. The summed E-state index contributed by atoms with van der Waals surface area (Å²) in [7, 11) is -5.04. The molecule has 0 aliphatic rings. The zero-order chi connectivity index (χ0) is 12.5. The molecule has 11 heteroatoms. The second kappa shape index (κ2) is 5.24. The third-order valence-electron chi connectivity index (χ3n) is 1.62. The van der Waals surface area contributed by atoms with Gasteiger partial charge in [0.1, 0.15) is 15.0 Å². The molecule has 0 unspecified atom stereocenters. The van der Waals surface area contributed by atoms with Gasteiger partial charge in [0.15, 0.2) is 0 Å². The summed E-state index contributed by atoms with van der Waals surface area (Å²) in [5, 5.41) is 20.7. The zero-order valence-electron chi connectivity index (χ0n) is 8.39. The van der Waals surface area contributed by atoms with Crippen LogP contribution >= 0.6 is 0 Å². The Morgan fingerprint density at radius 3 is 1.94 bits per heavy atom. The third kappa shape index (κ3) is 3.50. The summed E-state index contributed by atoms with van der Waals surface area (Å²) in [6, 6.07) is 1.67. The quantitative estimate of drug-likeness (QED) is 0.249. The third-order valence-corrected chi connectivity index (χ3v) is 2.50. The Balaban J connectivity index is 0.00000256. The Morgan fingerprint density at radius 2 is 1.59 bits per heavy atom. The molecule has 0 aromatic heterocycles. The summed E-state index contributed by atoms with van der Waals surface area (Å²) >= 11 is 0. The van der Waals surface area contributed by atoms with E-state index in [2.05, 4.69) is 0 Å². The Kier molecular flexibility index (Phi) is 4.78. The fraction of sp³-hybridized carbons (Fsp3) is 0. The topological polar surface area (TPSA) is 143 Å². The molecule has 0 aliphatic heterocycles. The van der Waals surface area contributed by atoms with E-state index in [0.29, 0.717) is 18.2 Å². The largest absolute Gasteiger partial charge is 1.00 e. The number of hydrogen-bond donors (Lipinski definition) is 0. The van der Waals surface area contributed by atoms with Crippen molar-refractivity contribution in [2.45, 2.75) is 4.90 Å². The summed E-state index contributed by atoms with van der Waals surface area (Å²) in [6.45, 7) is 0. The van der Waals surface area contributed by atoms with E-state index in [0.717, 1.165) is 0 Å². The molecule has 0 radical (unpaired) electrons. The molecule has 0 amide bonds. The Labute approximate surface area is 107 Å². The van der Waals surface area contributed by atoms with Crippen LogP contribution in [0.25, 0.3) is 0 Å². The number of nitro benzene ring substituents is 2. The van der Waals surface area contributed by atoms with Crippen LogP contribution in [0.15, 0.2) is 23.1 Å². The molecule has 0 fully saturated rings. The smallest absolute Gasteiger partial charge is 0.744 e. The van der Waals surface area contributed by atoms with Gasteiger partial charge in [-0.1, -0.05) is 0 Å². The molecule has 0 N–H and O–H groups in total. The van der Waals surface area contributed by atoms with E-state index in [4.69, 9.17) is 0 Å². The van der Waals surface area contributed by atoms with Crippen molar-refractivity contribution in [3.63, 3.8) is 0 Å². The molecule has 0 saturated carbocycles. The first-order chi connectivity index (χ1) is 7.23. The SMILES string of the molecule is O=[N+]([O-])c1ccc(S(=O)(=O)[O-])c([N+](=O)[O-])c1.[Li+]. The number of rotatable bonds is 3. The van der Waals surface area contributed by atoms with Gasteiger partial charge in [0.2, 0.25) is 0 Å². The molecule has 1 rings (SSSR count). The summed E-state index contributed by atoms with van der Waals surface area (Å²) in [5.41, 5.74) is -1.77. The van der Waals surface area contributed by atoms with Gasteiger partial charge >= 0.3 is 18.9 Å². The van der Waals surface area contributed by atoms with E-state index in [1.165, 1.54) is 0 Å². The number of benzene rings is 1. The summed E-state index contributed by atoms with van der Waals surface area (Å²) < 4.78 is 31.8. The Morgan fingerprint density at radius 1 is 1.06 bits per heavy atom. The Hall–Kier alpha value is -1.47. The van der Waals surface area contributed by atoms with Crippen LogP contribution in [-0.4, -0.2) is 22.8 Å². The molecular formula is C6H3LiN2O7S. The molecule has 0 saturated heterocycles. The molecule has 86 valence electrons. The minimum atomic E-state index is -5.04. The maximum atomic E-state index is 10.6. The van der Waals surface area contributed by atoms with E-state index in [9.17, 15) is 33.2 Å². The maximum Gasteiger partial charge on any atom is 1.00 e. The molecule has 9 nitrogen and oxygen atoms in total. The van der Waals surface area contributed by atoms with E-state index in [1.54, 1.807) is 0 Å². The summed E-state index contributed by atoms with van der Waals surface area (Å²) in [5.74, 6) is 0. The van der Waals surface area contributed by atoms with Gasteiger partial charge in [-0.15, -0.1) is 0 Å². The average Bonchev–Trinajstić information content (AvgIpc) is 2.15. The van der Waals surface area contributed by atoms with E-state index >= 15 is 0 Å². The van der Waals surface area contributed by atoms with Crippen LogP contribution in [0.4, 0.5) is 11.4 Å². The first kappa shape index (κ1) is 15.5. The van der Waals surface area contributed by atoms with Crippen molar-refractivity contribution in [1.29, 1.82) is 0 Å². The number of non-ortho nitro benzene ring substituents is 1. The van der Waals surface area contributed by atoms with Crippen LogP contribution in [0, 0.1) is 20.2 Å². The van der Waals surface area contributed by atoms with Gasteiger partial charge in [-0.25, -0.2) is 8.42 Å². The average molecular weight is 254 g/mol. The summed E-state index contributed by atoms with van der Waals surface area (Å²) in [4.78, 5) is 17.5. The fourth-order valence-electron chi connectivity index (χ4n) is 0.973. The zero-order valence-corrected chi connectivity index (χ0v) is 9.21. The Bertz CT molecular complexity index is 570. The van der Waals surface area contributed by atoms with Gasteiger partial charge in [-0.05, 0) is 6.07 Å². The standard InChI is InChI=1S/C6H4N2O7S.Li/c9-7(10)4-1-2-6(16(13,14)15)5(3-4)8(11)12;/h1-3H,(H,13,14,15);/q;+1/p-1. The molecule has 0 spiro atoms. The van der Waals surface area contributed by atoms with Crippen LogP contribution in [0.3, 0.4) is 0 Å². The van der Waals surface area contributed by atoms with E-state index in [-0.39, 0.29) is 18.9 Å². The monoisotopic (exact) mass is 254 g/mol. The molecule has 1 aromatic carbocycles. The molecule has 17 heavy (non-hydrogen) atoms. The van der Waals surface area contributed by atoms with Crippen molar-refractivity contribution in [2.75, 3.05) is 0 Å². The van der Waals surface area contributed by atoms with E-state index in [1.807, 2.05) is 0 Å². The van der Waals surface area contributed by atoms with Crippen molar-refractivity contribution < 1.29 is 41.7 Å². The van der Waals surface area contributed by atoms with Crippen LogP contribution in [-0.2, 0) is 10.1 Å². The van der Waals surface area contributed by atoms with Crippen molar-refractivity contribution >= 4 is 21.5 Å². The number of nitro groups is 2. The van der Waals surface area contributed by atoms with Gasteiger partial charge < -0.3 is 4.55 Å². The van der Waals surface area contributed by atoms with Gasteiger partial charge in [-0.3, -0.25) is 20.2 Å². The first-order valence-electron chi connectivity index (χ1n) is 3.62. The van der Waals surface area contributed by atoms with Crippen molar-refractivity contribution in [3.05, 3.63) is 38.4 Å². The first-order valence-corrected chi connectivity index (χ1v) is 5.03. The van der Waals surface area contributed by atoms with Gasteiger partial charge in [-0.2, -0.15) is 0 Å². The predicted molar refractivity (Wildman–Crippen MR) is 47.7 cm³/mol. The molecule has 0 bridgehead atoms. The molecule has 1 aromatic rings. The van der Waals surface area contributed by atoms with E-state index < -0.39 is 36.2 Å². The predicted octanol–water partition coefficient (Wildman–Crippen LogP) is -2.59. The summed E-state index contributed by atoms with van der Waals surface area (Å²) in [6.07, 6.45) is 0. The minimum Gasteiger partial charge on any atom is -0.744 e. The van der Waals surface area contributed by atoms with Crippen molar-refractivity contribution in [1.82, 2.24) is 0 Å². The van der Waals surface area contributed by atoms with Gasteiger partial charge in [0.25, 0.3) is 11.4 Å². The molecular weight excluding hydrogens is 251 g/mol. The van der Waals surface area contributed by atoms with Crippen molar-refractivity contribution in [2.24, 2.45) is 0 Å². The number of nitrogens with zero attached hydrogens (tertiary/aromatic N) is 2. The van der Waals surface area contributed by atoms with Crippen LogP contribution in [0.1, 0.15) is 0 Å². The van der Waals surface area contributed by atoms with Crippen molar-refractivity contribution in [3.8, 4) is 0 Å².